The molecule has 0 radical (unpaired) electrons. The summed E-state index contributed by atoms with van der Waals surface area (Å²) < 4.78 is 0. The van der Waals surface area contributed by atoms with Crippen LogP contribution in [0.1, 0.15) is 47.3 Å². The van der Waals surface area contributed by atoms with Gasteiger partial charge in [-0.05, 0) is 36.6 Å². The number of carbonyl (C=O) groups excluding carboxylic acids is 1. The molecule has 0 fully saturated rings. The maximum Gasteiger partial charge on any atom is 0.252 e. The van der Waals surface area contributed by atoms with Gasteiger partial charge in [-0.3, -0.25) is 4.79 Å². The van der Waals surface area contributed by atoms with Crippen molar-refractivity contribution in [3.8, 4) is 0 Å². The molecule has 3 heteroatoms. The molecular formula is C18H22N2O. The second-order valence-electron chi connectivity index (χ2n) is 5.30. The minimum absolute atomic E-state index is 0.0320. The van der Waals surface area contributed by atoms with Crippen LogP contribution >= 0.6 is 0 Å². The van der Waals surface area contributed by atoms with E-state index in [9.17, 15) is 4.79 Å². The molecule has 2 aromatic rings. The Morgan fingerprint density at radius 3 is 2.57 bits per heavy atom. The molecule has 3 N–H and O–H groups in total. The molecule has 3 nitrogen and oxygen atoms in total. The first-order valence-corrected chi connectivity index (χ1v) is 7.33. The minimum atomic E-state index is -0.0675. The molecule has 1 unspecified atom stereocenters. The van der Waals surface area contributed by atoms with Crippen LogP contribution in [0.2, 0.25) is 0 Å². The van der Waals surface area contributed by atoms with E-state index in [1.807, 2.05) is 49.4 Å². The second kappa shape index (κ2) is 6.93. The van der Waals surface area contributed by atoms with Crippen molar-refractivity contribution < 1.29 is 4.79 Å². The molecule has 0 saturated heterocycles. The lowest BCUT2D eigenvalue weighted by Gasteiger charge is -2.19. The lowest BCUT2D eigenvalue weighted by molar-refractivity contribution is 0.0934. The highest BCUT2D eigenvalue weighted by atomic mass is 16.1. The maximum absolute atomic E-state index is 12.5. The van der Waals surface area contributed by atoms with Gasteiger partial charge in [-0.25, -0.2) is 0 Å². The standard InChI is InChI=1S/C18H22N2O/c1-3-7-17(14-8-5-4-6-9-14)20-18(21)16-12-15(19)11-10-13(16)2/h4-6,8-12,17H,3,7,19H2,1-2H3,(H,20,21). The molecule has 0 bridgehead atoms. The van der Waals surface area contributed by atoms with Gasteiger partial charge in [-0.1, -0.05) is 49.7 Å². The summed E-state index contributed by atoms with van der Waals surface area (Å²) in [5.41, 5.74) is 9.11. The van der Waals surface area contributed by atoms with Crippen LogP contribution in [0.3, 0.4) is 0 Å². The Kier molecular flexibility index (Phi) is 4.99. The number of amides is 1. The molecule has 0 aliphatic heterocycles. The summed E-state index contributed by atoms with van der Waals surface area (Å²) in [6.07, 6.45) is 1.92. The molecule has 0 aromatic heterocycles. The van der Waals surface area contributed by atoms with Crippen molar-refractivity contribution in [3.63, 3.8) is 0 Å². The molecule has 1 amide bonds. The first-order valence-electron chi connectivity index (χ1n) is 7.33. The van der Waals surface area contributed by atoms with Crippen LogP contribution < -0.4 is 11.1 Å². The van der Waals surface area contributed by atoms with Crippen molar-refractivity contribution >= 4 is 11.6 Å². The van der Waals surface area contributed by atoms with E-state index in [1.165, 1.54) is 0 Å². The number of rotatable bonds is 5. The topological polar surface area (TPSA) is 55.1 Å². The first-order chi connectivity index (χ1) is 10.1. The molecular weight excluding hydrogens is 260 g/mol. The van der Waals surface area contributed by atoms with E-state index in [-0.39, 0.29) is 11.9 Å². The van der Waals surface area contributed by atoms with E-state index < -0.39 is 0 Å². The third-order valence-corrected chi connectivity index (χ3v) is 3.59. The van der Waals surface area contributed by atoms with Crippen LogP contribution in [0.25, 0.3) is 0 Å². The lowest BCUT2D eigenvalue weighted by Crippen LogP contribution is -2.29. The third kappa shape index (κ3) is 3.85. The number of nitrogen functional groups attached to an aromatic ring is 1. The average molecular weight is 282 g/mol. The molecule has 21 heavy (non-hydrogen) atoms. The molecule has 1 atom stereocenters. The Balaban J connectivity index is 2.20. The Hall–Kier alpha value is -2.29. The summed E-state index contributed by atoms with van der Waals surface area (Å²) in [5.74, 6) is -0.0675. The highest BCUT2D eigenvalue weighted by Gasteiger charge is 2.16. The van der Waals surface area contributed by atoms with Crippen LogP contribution in [0, 0.1) is 6.92 Å². The van der Waals surface area contributed by atoms with E-state index in [1.54, 1.807) is 6.07 Å². The van der Waals surface area contributed by atoms with Gasteiger partial charge in [0.1, 0.15) is 0 Å². The Morgan fingerprint density at radius 2 is 1.90 bits per heavy atom. The van der Waals surface area contributed by atoms with E-state index >= 15 is 0 Å². The van der Waals surface area contributed by atoms with Crippen molar-refractivity contribution in [2.45, 2.75) is 32.7 Å². The summed E-state index contributed by atoms with van der Waals surface area (Å²) in [7, 11) is 0. The number of hydrogen-bond acceptors (Lipinski definition) is 2. The summed E-state index contributed by atoms with van der Waals surface area (Å²) >= 11 is 0. The molecule has 0 aliphatic rings. The van der Waals surface area contributed by atoms with Gasteiger partial charge in [-0.15, -0.1) is 0 Å². The predicted octanol–water partition coefficient (Wildman–Crippen LogP) is 3.85. The largest absolute Gasteiger partial charge is 0.399 e. The van der Waals surface area contributed by atoms with Gasteiger partial charge in [0.25, 0.3) is 5.91 Å². The van der Waals surface area contributed by atoms with Crippen LogP contribution in [-0.4, -0.2) is 5.91 Å². The van der Waals surface area contributed by atoms with Gasteiger partial charge in [0.2, 0.25) is 0 Å². The third-order valence-electron chi connectivity index (χ3n) is 3.59. The second-order valence-corrected chi connectivity index (χ2v) is 5.30. The number of benzene rings is 2. The Morgan fingerprint density at radius 1 is 1.19 bits per heavy atom. The zero-order valence-corrected chi connectivity index (χ0v) is 12.6. The monoisotopic (exact) mass is 282 g/mol. The molecule has 0 heterocycles. The van der Waals surface area contributed by atoms with Crippen LogP contribution in [0.15, 0.2) is 48.5 Å². The maximum atomic E-state index is 12.5. The highest BCUT2D eigenvalue weighted by molar-refractivity contribution is 5.96. The Labute approximate surface area is 126 Å². The van der Waals surface area contributed by atoms with E-state index in [0.717, 1.165) is 24.0 Å². The van der Waals surface area contributed by atoms with Crippen molar-refractivity contribution in [1.82, 2.24) is 5.32 Å². The van der Waals surface area contributed by atoms with Gasteiger partial charge in [-0.2, -0.15) is 0 Å². The molecule has 0 spiro atoms. The van der Waals surface area contributed by atoms with Crippen LogP contribution in [-0.2, 0) is 0 Å². The summed E-state index contributed by atoms with van der Waals surface area (Å²) in [6, 6.07) is 15.5. The number of nitrogens with one attached hydrogen (secondary N) is 1. The molecule has 2 aromatic carbocycles. The lowest BCUT2D eigenvalue weighted by atomic mass is 10.0. The molecule has 0 saturated carbocycles. The van der Waals surface area contributed by atoms with Gasteiger partial charge in [0, 0.05) is 11.3 Å². The zero-order valence-electron chi connectivity index (χ0n) is 12.6. The SMILES string of the molecule is CCCC(NC(=O)c1cc(N)ccc1C)c1ccccc1. The molecule has 110 valence electrons. The number of hydrogen-bond donors (Lipinski definition) is 2. The highest BCUT2D eigenvalue weighted by Crippen LogP contribution is 2.20. The van der Waals surface area contributed by atoms with E-state index in [0.29, 0.717) is 11.3 Å². The van der Waals surface area contributed by atoms with Crippen molar-refractivity contribution in [2.75, 3.05) is 5.73 Å². The van der Waals surface area contributed by atoms with E-state index in [2.05, 4.69) is 12.2 Å². The fraction of sp³-hybridized carbons (Fsp3) is 0.278. The number of nitrogens with two attached hydrogens (primary N) is 1. The summed E-state index contributed by atoms with van der Waals surface area (Å²) in [6.45, 7) is 4.04. The summed E-state index contributed by atoms with van der Waals surface area (Å²) in [5, 5.41) is 3.12. The fourth-order valence-corrected chi connectivity index (χ4v) is 2.42. The van der Waals surface area contributed by atoms with E-state index in [4.69, 9.17) is 5.73 Å². The van der Waals surface area contributed by atoms with Gasteiger partial charge in [0.15, 0.2) is 0 Å². The zero-order chi connectivity index (χ0) is 15.2. The fourth-order valence-electron chi connectivity index (χ4n) is 2.42. The molecule has 2 rings (SSSR count). The number of aryl methyl sites for hydroxylation is 1. The van der Waals surface area contributed by atoms with Crippen LogP contribution in [0.4, 0.5) is 5.69 Å². The van der Waals surface area contributed by atoms with Gasteiger partial charge >= 0.3 is 0 Å². The average Bonchev–Trinajstić information content (AvgIpc) is 2.50. The predicted molar refractivity (Wildman–Crippen MR) is 87.1 cm³/mol. The number of carbonyl (C=O) groups is 1. The van der Waals surface area contributed by atoms with Crippen molar-refractivity contribution in [1.29, 1.82) is 0 Å². The van der Waals surface area contributed by atoms with Gasteiger partial charge < -0.3 is 11.1 Å². The molecule has 0 aliphatic carbocycles. The quantitative estimate of drug-likeness (QED) is 0.818. The Bertz CT molecular complexity index is 608. The van der Waals surface area contributed by atoms with Crippen LogP contribution in [0.5, 0.6) is 0 Å². The first kappa shape index (κ1) is 15.1. The van der Waals surface area contributed by atoms with Crippen molar-refractivity contribution in [3.05, 3.63) is 65.2 Å². The minimum Gasteiger partial charge on any atom is -0.399 e. The normalized spacial score (nSPS) is 11.9. The summed E-state index contributed by atoms with van der Waals surface area (Å²) in [4.78, 5) is 12.5. The smallest absolute Gasteiger partial charge is 0.252 e. The van der Waals surface area contributed by atoms with Gasteiger partial charge in [0.05, 0.1) is 6.04 Å². The number of anilines is 1. The van der Waals surface area contributed by atoms with Crippen molar-refractivity contribution in [2.24, 2.45) is 0 Å².